The zero-order chi connectivity index (χ0) is 21.3. The lowest BCUT2D eigenvalue weighted by molar-refractivity contribution is 0.0535. The van der Waals surface area contributed by atoms with Gasteiger partial charge in [0, 0.05) is 55.4 Å². The molecular formula is C22H21N3O5. The maximum absolute atomic E-state index is 12.8. The Kier molecular flexibility index (Phi) is 5.05. The van der Waals surface area contributed by atoms with Gasteiger partial charge in [0.1, 0.15) is 0 Å². The molecule has 2 aromatic carbocycles. The van der Waals surface area contributed by atoms with Crippen molar-refractivity contribution in [3.05, 3.63) is 72.1 Å². The van der Waals surface area contributed by atoms with Gasteiger partial charge in [0.15, 0.2) is 17.2 Å². The Morgan fingerprint density at radius 2 is 1.17 bits per heavy atom. The van der Waals surface area contributed by atoms with Crippen LogP contribution >= 0.6 is 0 Å². The van der Waals surface area contributed by atoms with Gasteiger partial charge in [0.05, 0.1) is 0 Å². The largest absolute Gasteiger partial charge is 0.504 e. The Hall–Kier alpha value is -3.94. The van der Waals surface area contributed by atoms with Gasteiger partial charge in [-0.05, 0) is 48.5 Å². The number of phenols is 3. The molecular weight excluding hydrogens is 386 g/mol. The van der Waals surface area contributed by atoms with E-state index in [1.165, 1.54) is 0 Å². The van der Waals surface area contributed by atoms with Gasteiger partial charge in [0.25, 0.3) is 11.8 Å². The van der Waals surface area contributed by atoms with Crippen LogP contribution in [0.4, 0.5) is 0 Å². The first-order chi connectivity index (χ1) is 14.4. The Labute approximate surface area is 172 Å². The van der Waals surface area contributed by atoms with Crippen LogP contribution in [0.25, 0.3) is 5.69 Å². The fourth-order valence-electron chi connectivity index (χ4n) is 3.49. The second-order valence-electron chi connectivity index (χ2n) is 7.08. The summed E-state index contributed by atoms with van der Waals surface area (Å²) in [5, 5.41) is 28.7. The molecule has 0 bridgehead atoms. The SMILES string of the molecule is O=C(c1ccc(-n2cccc2)cc1)N1CCN(C(=O)c2cc(O)c(O)c(O)c2)CC1. The van der Waals surface area contributed by atoms with Gasteiger partial charge in [-0.3, -0.25) is 9.59 Å². The maximum atomic E-state index is 12.8. The smallest absolute Gasteiger partial charge is 0.254 e. The Balaban J connectivity index is 1.39. The minimum absolute atomic E-state index is 0.0724. The molecule has 0 unspecified atom stereocenters. The molecule has 0 spiro atoms. The lowest BCUT2D eigenvalue weighted by Crippen LogP contribution is -2.50. The molecule has 30 heavy (non-hydrogen) atoms. The van der Waals surface area contributed by atoms with E-state index in [4.69, 9.17) is 0 Å². The molecule has 0 aliphatic carbocycles. The van der Waals surface area contributed by atoms with Crippen molar-refractivity contribution in [3.63, 3.8) is 0 Å². The van der Waals surface area contributed by atoms with Gasteiger partial charge in [-0.15, -0.1) is 0 Å². The molecule has 4 rings (SSSR count). The number of carbonyl (C=O) groups excluding carboxylic acids is 2. The van der Waals surface area contributed by atoms with Crippen molar-refractivity contribution in [2.75, 3.05) is 26.2 Å². The summed E-state index contributed by atoms with van der Waals surface area (Å²) in [7, 11) is 0. The summed E-state index contributed by atoms with van der Waals surface area (Å²) in [6.45, 7) is 1.41. The van der Waals surface area contributed by atoms with Crippen molar-refractivity contribution >= 4 is 11.8 Å². The fourth-order valence-corrected chi connectivity index (χ4v) is 3.49. The second kappa shape index (κ2) is 7.82. The van der Waals surface area contributed by atoms with Crippen molar-refractivity contribution in [2.45, 2.75) is 0 Å². The minimum Gasteiger partial charge on any atom is -0.504 e. The third kappa shape index (κ3) is 3.67. The van der Waals surface area contributed by atoms with Crippen LogP contribution in [0, 0.1) is 0 Å². The molecule has 3 N–H and O–H groups in total. The third-order valence-corrected chi connectivity index (χ3v) is 5.19. The number of phenolic OH excluding ortho intramolecular Hbond substituents is 3. The summed E-state index contributed by atoms with van der Waals surface area (Å²) >= 11 is 0. The molecule has 0 saturated carbocycles. The Morgan fingerprint density at radius 1 is 0.700 bits per heavy atom. The number of aromatic nitrogens is 1. The second-order valence-corrected chi connectivity index (χ2v) is 7.08. The molecule has 1 aliphatic rings. The van der Waals surface area contributed by atoms with Gasteiger partial charge >= 0.3 is 0 Å². The zero-order valence-corrected chi connectivity index (χ0v) is 16.1. The number of benzene rings is 2. The molecule has 8 heteroatoms. The average molecular weight is 407 g/mol. The predicted molar refractivity (Wildman–Crippen MR) is 109 cm³/mol. The first-order valence-corrected chi connectivity index (χ1v) is 9.51. The zero-order valence-electron chi connectivity index (χ0n) is 16.1. The highest BCUT2D eigenvalue weighted by Gasteiger charge is 2.26. The quantitative estimate of drug-likeness (QED) is 0.577. The highest BCUT2D eigenvalue weighted by molar-refractivity contribution is 5.96. The minimum atomic E-state index is -0.662. The molecule has 2 amide bonds. The third-order valence-electron chi connectivity index (χ3n) is 5.19. The maximum Gasteiger partial charge on any atom is 0.254 e. The van der Waals surface area contributed by atoms with E-state index in [2.05, 4.69) is 0 Å². The highest BCUT2D eigenvalue weighted by atomic mass is 16.3. The van der Waals surface area contributed by atoms with Gasteiger partial charge in [-0.25, -0.2) is 0 Å². The van der Waals surface area contributed by atoms with Crippen LogP contribution in [-0.4, -0.2) is 67.7 Å². The van der Waals surface area contributed by atoms with Crippen LogP contribution in [-0.2, 0) is 0 Å². The van der Waals surface area contributed by atoms with E-state index in [0.717, 1.165) is 17.8 Å². The summed E-state index contributed by atoms with van der Waals surface area (Å²) < 4.78 is 1.96. The normalized spacial score (nSPS) is 14.0. The van der Waals surface area contributed by atoms with Crippen LogP contribution in [0.1, 0.15) is 20.7 Å². The van der Waals surface area contributed by atoms with E-state index >= 15 is 0 Å². The molecule has 0 atom stereocenters. The summed E-state index contributed by atoms with van der Waals surface area (Å²) in [6, 6.07) is 13.4. The van der Waals surface area contributed by atoms with Crippen LogP contribution in [0.3, 0.4) is 0 Å². The van der Waals surface area contributed by atoms with Crippen LogP contribution in [0.15, 0.2) is 60.9 Å². The van der Waals surface area contributed by atoms with Gasteiger partial charge < -0.3 is 29.7 Å². The summed E-state index contributed by atoms with van der Waals surface area (Å²) in [5.41, 5.74) is 1.62. The number of nitrogens with zero attached hydrogens (tertiary/aromatic N) is 3. The van der Waals surface area contributed by atoms with Crippen molar-refractivity contribution in [1.29, 1.82) is 0 Å². The molecule has 2 heterocycles. The first-order valence-electron chi connectivity index (χ1n) is 9.51. The van der Waals surface area contributed by atoms with E-state index < -0.39 is 17.2 Å². The van der Waals surface area contributed by atoms with Crippen LogP contribution in [0.5, 0.6) is 17.2 Å². The van der Waals surface area contributed by atoms with Crippen LogP contribution < -0.4 is 0 Å². The molecule has 1 saturated heterocycles. The summed E-state index contributed by atoms with van der Waals surface area (Å²) in [5.74, 6) is -2.26. The Bertz CT molecular complexity index is 1050. The lowest BCUT2D eigenvalue weighted by atomic mass is 10.1. The molecule has 8 nitrogen and oxygen atoms in total. The van der Waals surface area contributed by atoms with Gasteiger partial charge in [-0.1, -0.05) is 0 Å². The molecule has 0 radical (unpaired) electrons. The molecule has 1 fully saturated rings. The van der Waals surface area contributed by atoms with Crippen molar-refractivity contribution in [2.24, 2.45) is 0 Å². The topological polar surface area (TPSA) is 106 Å². The number of piperazine rings is 1. The summed E-state index contributed by atoms with van der Waals surface area (Å²) in [6.07, 6.45) is 3.86. The van der Waals surface area contributed by atoms with E-state index in [1.807, 2.05) is 41.2 Å². The van der Waals surface area contributed by atoms with Crippen molar-refractivity contribution in [1.82, 2.24) is 14.4 Å². The number of aromatic hydroxyl groups is 3. The van der Waals surface area contributed by atoms with Crippen molar-refractivity contribution < 1.29 is 24.9 Å². The number of rotatable bonds is 3. The number of amides is 2. The number of hydrogen-bond acceptors (Lipinski definition) is 5. The standard InChI is InChI=1S/C22H21N3O5/c26-18-13-16(14-19(27)20(18)28)22(30)25-11-9-24(10-12-25)21(29)15-3-5-17(6-4-15)23-7-1-2-8-23/h1-8,13-14,26-28H,9-12H2. The molecule has 1 aliphatic heterocycles. The number of hydrogen-bond donors (Lipinski definition) is 3. The summed E-state index contributed by atoms with van der Waals surface area (Å²) in [4.78, 5) is 28.7. The van der Waals surface area contributed by atoms with E-state index in [1.54, 1.807) is 21.9 Å². The van der Waals surface area contributed by atoms with Crippen LogP contribution in [0.2, 0.25) is 0 Å². The van der Waals surface area contributed by atoms with E-state index in [9.17, 15) is 24.9 Å². The molecule has 3 aromatic rings. The van der Waals surface area contributed by atoms with Crippen molar-refractivity contribution in [3.8, 4) is 22.9 Å². The lowest BCUT2D eigenvalue weighted by Gasteiger charge is -2.35. The monoisotopic (exact) mass is 407 g/mol. The molecule has 154 valence electrons. The average Bonchev–Trinajstić information content (AvgIpc) is 3.31. The number of carbonyl (C=O) groups is 2. The Morgan fingerprint density at radius 3 is 1.67 bits per heavy atom. The highest BCUT2D eigenvalue weighted by Crippen LogP contribution is 2.35. The fraction of sp³-hybridized carbons (Fsp3) is 0.182. The van der Waals surface area contributed by atoms with E-state index in [0.29, 0.717) is 31.7 Å². The molecule has 1 aromatic heterocycles. The predicted octanol–water partition coefficient (Wildman–Crippen LogP) is 2.19. The van der Waals surface area contributed by atoms with Gasteiger partial charge in [-0.2, -0.15) is 0 Å². The van der Waals surface area contributed by atoms with E-state index in [-0.39, 0.29) is 17.4 Å². The van der Waals surface area contributed by atoms with Gasteiger partial charge in [0.2, 0.25) is 0 Å². The first kappa shape index (κ1) is 19.4.